The van der Waals surface area contributed by atoms with Crippen molar-refractivity contribution in [3.8, 4) is 0 Å². The molecule has 0 aliphatic carbocycles. The molecule has 0 radical (unpaired) electrons. The first kappa shape index (κ1) is 15.4. The number of carbonyl (C=O) groups excluding carboxylic acids is 1. The number of nitrogens with one attached hydrogen (secondary N) is 2. The normalized spacial score (nSPS) is 10.6. The summed E-state index contributed by atoms with van der Waals surface area (Å²) in [4.78, 5) is 13.5. The van der Waals surface area contributed by atoms with Gasteiger partial charge in [-0.15, -0.1) is 0 Å². The molecule has 1 aromatic rings. The van der Waals surface area contributed by atoms with Gasteiger partial charge < -0.3 is 15.5 Å². The molecule has 0 fully saturated rings. The summed E-state index contributed by atoms with van der Waals surface area (Å²) in [6, 6.07) is 3.43. The summed E-state index contributed by atoms with van der Waals surface area (Å²) in [6.45, 7) is 1.53. The van der Waals surface area contributed by atoms with Gasteiger partial charge in [-0.2, -0.15) is 0 Å². The standard InChI is InChI=1S/C13H19F2N3O/c1-18(2)7-3-6-16-13(19)9-17-10-4-5-11(14)12(15)8-10/h4-5,8,17H,3,6-7,9H2,1-2H3,(H,16,19). The number of hydrogen-bond donors (Lipinski definition) is 2. The molecule has 0 saturated heterocycles. The molecule has 0 unspecified atom stereocenters. The van der Waals surface area contributed by atoms with Crippen LogP contribution in [0.25, 0.3) is 0 Å². The number of anilines is 1. The van der Waals surface area contributed by atoms with Crippen LogP contribution in [0, 0.1) is 11.6 Å². The van der Waals surface area contributed by atoms with E-state index in [0.717, 1.165) is 25.1 Å². The number of halogens is 2. The van der Waals surface area contributed by atoms with Crippen molar-refractivity contribution < 1.29 is 13.6 Å². The lowest BCUT2D eigenvalue weighted by atomic mass is 10.3. The van der Waals surface area contributed by atoms with Crippen LogP contribution in [0.5, 0.6) is 0 Å². The molecule has 0 aromatic heterocycles. The monoisotopic (exact) mass is 271 g/mol. The highest BCUT2D eigenvalue weighted by atomic mass is 19.2. The molecule has 0 spiro atoms. The molecule has 0 heterocycles. The van der Waals surface area contributed by atoms with Crippen LogP contribution in [0.3, 0.4) is 0 Å². The third-order valence-corrected chi connectivity index (χ3v) is 2.48. The second-order valence-electron chi connectivity index (χ2n) is 4.49. The number of amides is 1. The SMILES string of the molecule is CN(C)CCCNC(=O)CNc1ccc(F)c(F)c1. The maximum absolute atomic E-state index is 12.9. The van der Waals surface area contributed by atoms with Crippen molar-refractivity contribution in [1.29, 1.82) is 0 Å². The van der Waals surface area contributed by atoms with E-state index < -0.39 is 11.6 Å². The first-order chi connectivity index (χ1) is 8.99. The van der Waals surface area contributed by atoms with Crippen molar-refractivity contribution in [1.82, 2.24) is 10.2 Å². The molecule has 0 bridgehead atoms. The van der Waals surface area contributed by atoms with Gasteiger partial charge >= 0.3 is 0 Å². The van der Waals surface area contributed by atoms with Crippen LogP contribution < -0.4 is 10.6 Å². The third-order valence-electron chi connectivity index (χ3n) is 2.48. The fourth-order valence-corrected chi connectivity index (χ4v) is 1.47. The maximum Gasteiger partial charge on any atom is 0.239 e. The largest absolute Gasteiger partial charge is 0.376 e. The van der Waals surface area contributed by atoms with Crippen LogP contribution in [0.2, 0.25) is 0 Å². The summed E-state index contributed by atoms with van der Waals surface area (Å²) < 4.78 is 25.6. The Balaban J connectivity index is 2.24. The van der Waals surface area contributed by atoms with Gasteiger partial charge in [0.2, 0.25) is 5.91 Å². The van der Waals surface area contributed by atoms with Gasteiger partial charge in [-0.25, -0.2) is 8.78 Å². The summed E-state index contributed by atoms with van der Waals surface area (Å²) in [6.07, 6.45) is 0.865. The molecule has 0 saturated carbocycles. The first-order valence-corrected chi connectivity index (χ1v) is 6.09. The number of carbonyl (C=O) groups is 1. The highest BCUT2D eigenvalue weighted by Crippen LogP contribution is 2.12. The Kier molecular flexibility index (Phi) is 6.21. The topological polar surface area (TPSA) is 44.4 Å². The molecule has 0 aliphatic rings. The Hall–Kier alpha value is -1.69. The Labute approximate surface area is 111 Å². The fourth-order valence-electron chi connectivity index (χ4n) is 1.47. The van der Waals surface area contributed by atoms with Gasteiger partial charge in [0.05, 0.1) is 6.54 Å². The lowest BCUT2D eigenvalue weighted by Gasteiger charge is -2.10. The molecule has 1 amide bonds. The molecular formula is C13H19F2N3O. The predicted molar refractivity (Wildman–Crippen MR) is 71.0 cm³/mol. The van der Waals surface area contributed by atoms with E-state index in [-0.39, 0.29) is 12.5 Å². The maximum atomic E-state index is 12.9. The number of benzene rings is 1. The number of rotatable bonds is 7. The van der Waals surface area contributed by atoms with E-state index in [1.165, 1.54) is 6.07 Å². The Morgan fingerprint density at radius 2 is 2.00 bits per heavy atom. The van der Waals surface area contributed by atoms with Gasteiger partial charge in [0.15, 0.2) is 11.6 Å². The summed E-state index contributed by atoms with van der Waals surface area (Å²) in [5.74, 6) is -2.02. The zero-order valence-corrected chi connectivity index (χ0v) is 11.2. The summed E-state index contributed by atoms with van der Waals surface area (Å²) in [5, 5.41) is 5.47. The molecule has 1 rings (SSSR count). The fraction of sp³-hybridized carbons (Fsp3) is 0.462. The summed E-state index contributed by atoms with van der Waals surface area (Å²) in [5.41, 5.74) is 0.377. The Morgan fingerprint density at radius 3 is 2.63 bits per heavy atom. The van der Waals surface area contributed by atoms with Crippen molar-refractivity contribution in [2.45, 2.75) is 6.42 Å². The van der Waals surface area contributed by atoms with E-state index >= 15 is 0 Å². The van der Waals surface area contributed by atoms with Gasteiger partial charge in [-0.05, 0) is 39.2 Å². The molecule has 19 heavy (non-hydrogen) atoms. The molecule has 0 aliphatic heterocycles. The van der Waals surface area contributed by atoms with E-state index in [1.54, 1.807) is 0 Å². The van der Waals surface area contributed by atoms with Gasteiger partial charge in [0.1, 0.15) is 0 Å². The van der Waals surface area contributed by atoms with Crippen molar-refractivity contribution in [3.05, 3.63) is 29.8 Å². The van der Waals surface area contributed by atoms with Gasteiger partial charge in [-0.3, -0.25) is 4.79 Å². The van der Waals surface area contributed by atoms with E-state index in [4.69, 9.17) is 0 Å². The third kappa shape index (κ3) is 6.15. The highest BCUT2D eigenvalue weighted by Gasteiger charge is 2.04. The van der Waals surface area contributed by atoms with E-state index in [9.17, 15) is 13.6 Å². The van der Waals surface area contributed by atoms with Gasteiger partial charge in [0.25, 0.3) is 0 Å². The second kappa shape index (κ2) is 7.68. The molecular weight excluding hydrogens is 252 g/mol. The van der Waals surface area contributed by atoms with Crippen LogP contribution in [-0.2, 0) is 4.79 Å². The zero-order chi connectivity index (χ0) is 14.3. The lowest BCUT2D eigenvalue weighted by molar-refractivity contribution is -0.119. The minimum atomic E-state index is -0.934. The Bertz CT molecular complexity index is 424. The average molecular weight is 271 g/mol. The highest BCUT2D eigenvalue weighted by molar-refractivity contribution is 5.80. The zero-order valence-electron chi connectivity index (χ0n) is 11.2. The van der Waals surface area contributed by atoms with Gasteiger partial charge in [-0.1, -0.05) is 0 Å². The van der Waals surface area contributed by atoms with Crippen LogP contribution >= 0.6 is 0 Å². The quantitative estimate of drug-likeness (QED) is 0.738. The number of nitrogens with zero attached hydrogens (tertiary/aromatic N) is 1. The smallest absolute Gasteiger partial charge is 0.239 e. The molecule has 4 nitrogen and oxygen atoms in total. The lowest BCUT2D eigenvalue weighted by Crippen LogP contribution is -2.32. The molecule has 0 atom stereocenters. The summed E-state index contributed by atoms with van der Waals surface area (Å²) in [7, 11) is 3.93. The minimum absolute atomic E-state index is 0.0348. The van der Waals surface area contributed by atoms with Crippen molar-refractivity contribution in [3.63, 3.8) is 0 Å². The molecule has 6 heteroatoms. The van der Waals surface area contributed by atoms with Crippen LogP contribution in [0.4, 0.5) is 14.5 Å². The first-order valence-electron chi connectivity index (χ1n) is 6.09. The van der Waals surface area contributed by atoms with E-state index in [0.29, 0.717) is 12.2 Å². The van der Waals surface area contributed by atoms with Gasteiger partial charge in [0, 0.05) is 18.3 Å². The van der Waals surface area contributed by atoms with Crippen LogP contribution in [-0.4, -0.2) is 44.5 Å². The van der Waals surface area contributed by atoms with E-state index in [1.807, 2.05) is 19.0 Å². The molecule has 1 aromatic carbocycles. The molecule has 106 valence electrons. The Morgan fingerprint density at radius 1 is 1.26 bits per heavy atom. The van der Waals surface area contributed by atoms with Crippen molar-refractivity contribution in [2.75, 3.05) is 39.0 Å². The van der Waals surface area contributed by atoms with Crippen molar-refractivity contribution in [2.24, 2.45) is 0 Å². The second-order valence-corrected chi connectivity index (χ2v) is 4.49. The average Bonchev–Trinajstić information content (AvgIpc) is 2.36. The van der Waals surface area contributed by atoms with E-state index in [2.05, 4.69) is 10.6 Å². The van der Waals surface area contributed by atoms with Crippen molar-refractivity contribution >= 4 is 11.6 Å². The predicted octanol–water partition coefficient (Wildman–Crippen LogP) is 1.44. The van der Waals surface area contributed by atoms with Crippen LogP contribution in [0.1, 0.15) is 6.42 Å². The minimum Gasteiger partial charge on any atom is -0.376 e. The summed E-state index contributed by atoms with van der Waals surface area (Å²) >= 11 is 0. The number of hydrogen-bond acceptors (Lipinski definition) is 3. The van der Waals surface area contributed by atoms with Crippen LogP contribution in [0.15, 0.2) is 18.2 Å². The molecule has 2 N–H and O–H groups in total.